The lowest BCUT2D eigenvalue weighted by Crippen LogP contribution is -2.25. The van der Waals surface area contributed by atoms with Gasteiger partial charge in [0.1, 0.15) is 0 Å². The van der Waals surface area contributed by atoms with Gasteiger partial charge in [-0.1, -0.05) is 21.6 Å². The molecule has 0 aliphatic heterocycles. The van der Waals surface area contributed by atoms with Crippen molar-refractivity contribution in [3.63, 3.8) is 0 Å². The second-order valence-corrected chi connectivity index (χ2v) is 7.91. The van der Waals surface area contributed by atoms with Gasteiger partial charge in [0.25, 0.3) is 5.91 Å². The Kier molecular flexibility index (Phi) is 9.74. The van der Waals surface area contributed by atoms with Crippen molar-refractivity contribution in [1.29, 1.82) is 0 Å². The van der Waals surface area contributed by atoms with Crippen molar-refractivity contribution in [2.75, 3.05) is 18.1 Å². The van der Waals surface area contributed by atoms with Crippen LogP contribution < -0.4 is 5.32 Å². The molecule has 0 aromatic carbocycles. The number of hydrogen-bond acceptors (Lipinski definition) is 7. The number of carbonyl (C=O) groups excluding carboxylic acids is 1. The van der Waals surface area contributed by atoms with Gasteiger partial charge < -0.3 is 15.5 Å². The van der Waals surface area contributed by atoms with E-state index in [4.69, 9.17) is 15.0 Å². The molecule has 0 saturated carbocycles. The number of aromatic nitrogens is 3. The number of aliphatic carboxylic acids is 2. The molecule has 9 nitrogen and oxygen atoms in total. The number of fused-ring (bicyclic) bond motifs is 1. The molecule has 160 valence electrons. The number of nitrogens with one attached hydrogen (secondary N) is 1. The highest BCUT2D eigenvalue weighted by atomic mass is 33.1. The van der Waals surface area contributed by atoms with Crippen LogP contribution in [0.1, 0.15) is 16.8 Å². The molecule has 2 rings (SSSR count). The number of halogens is 3. The van der Waals surface area contributed by atoms with Gasteiger partial charge in [0.2, 0.25) is 0 Å². The fourth-order valence-electron chi connectivity index (χ4n) is 1.79. The Labute approximate surface area is 170 Å². The molecule has 0 aliphatic rings. The van der Waals surface area contributed by atoms with E-state index in [1.54, 1.807) is 41.0 Å². The number of aryl methyl sites for hydroxylation is 1. The normalized spacial score (nSPS) is 10.9. The first-order valence-corrected chi connectivity index (χ1v) is 10.3. The molecule has 0 spiro atoms. The maximum atomic E-state index is 12.2. The number of amides is 1. The molecular weight excluding hydrogens is 437 g/mol. The van der Waals surface area contributed by atoms with Gasteiger partial charge in [0.15, 0.2) is 5.65 Å². The summed E-state index contributed by atoms with van der Waals surface area (Å²) in [4.78, 5) is 35.6. The molecule has 2 heterocycles. The van der Waals surface area contributed by atoms with Crippen molar-refractivity contribution in [3.05, 3.63) is 24.0 Å². The van der Waals surface area contributed by atoms with Crippen LogP contribution in [0.5, 0.6) is 0 Å². The van der Waals surface area contributed by atoms with Gasteiger partial charge in [-0.3, -0.25) is 14.3 Å². The van der Waals surface area contributed by atoms with E-state index in [1.165, 1.54) is 10.8 Å². The highest BCUT2D eigenvalue weighted by molar-refractivity contribution is 8.76. The van der Waals surface area contributed by atoms with E-state index in [0.717, 1.165) is 11.1 Å². The molecule has 0 radical (unpaired) electrons. The monoisotopic (exact) mass is 454 g/mol. The molecule has 14 heteroatoms. The summed E-state index contributed by atoms with van der Waals surface area (Å²) in [5, 5.41) is 23.3. The summed E-state index contributed by atoms with van der Waals surface area (Å²) in [6.45, 7) is 0.521. The number of carboxylic acids is 2. The number of pyridine rings is 1. The zero-order chi connectivity index (χ0) is 22.0. The molecule has 0 unspecified atom stereocenters. The van der Waals surface area contributed by atoms with E-state index in [2.05, 4.69) is 15.4 Å². The molecule has 3 N–H and O–H groups in total. The smallest absolute Gasteiger partial charge is 0.481 e. The molecular formula is C15H17F3N4O5S2. The predicted octanol–water partition coefficient (Wildman–Crippen LogP) is 2.19. The van der Waals surface area contributed by atoms with E-state index in [0.29, 0.717) is 23.5 Å². The minimum Gasteiger partial charge on any atom is -0.481 e. The number of hydrogen-bond donors (Lipinski definition) is 3. The first-order chi connectivity index (χ1) is 13.5. The van der Waals surface area contributed by atoms with E-state index in [-0.39, 0.29) is 12.3 Å². The lowest BCUT2D eigenvalue weighted by Gasteiger charge is -2.05. The summed E-state index contributed by atoms with van der Waals surface area (Å²) in [6.07, 6.45) is -1.71. The number of nitrogens with zero attached hydrogens (tertiary/aromatic N) is 3. The standard InChI is InChI=1S/C13H16N4O3S2.C2HF3O2/c1-17-12-10(8-16-17)9(2-4-14-12)13(20)15-5-7-22-21-6-3-11(18)19;3-2(4,5)1(6)7/h2,4,8H,3,5-7H2,1H3,(H,15,20)(H,18,19);(H,6,7). The lowest BCUT2D eigenvalue weighted by molar-refractivity contribution is -0.192. The fraction of sp³-hybridized carbons (Fsp3) is 0.400. The average molecular weight is 454 g/mol. The molecule has 0 aliphatic carbocycles. The SMILES string of the molecule is Cn1ncc2c(C(=O)NCCSSCCC(=O)O)ccnc21.O=C(O)C(F)(F)F. The van der Waals surface area contributed by atoms with Crippen LogP contribution >= 0.6 is 21.6 Å². The third-order valence-electron chi connectivity index (χ3n) is 3.08. The first kappa shape index (κ1) is 24.6. The van der Waals surface area contributed by atoms with Crippen molar-refractivity contribution in [2.24, 2.45) is 7.05 Å². The van der Waals surface area contributed by atoms with Gasteiger partial charge in [-0.05, 0) is 6.07 Å². The summed E-state index contributed by atoms with van der Waals surface area (Å²) < 4.78 is 33.4. The van der Waals surface area contributed by atoms with Gasteiger partial charge in [0.05, 0.1) is 23.6 Å². The van der Waals surface area contributed by atoms with E-state index in [1.807, 2.05) is 0 Å². The molecule has 0 saturated heterocycles. The fourth-order valence-corrected chi connectivity index (χ4v) is 3.68. The summed E-state index contributed by atoms with van der Waals surface area (Å²) in [7, 11) is 4.83. The first-order valence-electron chi connectivity index (χ1n) is 7.85. The summed E-state index contributed by atoms with van der Waals surface area (Å²) in [5.41, 5.74) is 1.23. The number of carbonyl (C=O) groups is 3. The zero-order valence-corrected chi connectivity index (χ0v) is 16.6. The highest BCUT2D eigenvalue weighted by Crippen LogP contribution is 2.21. The van der Waals surface area contributed by atoms with Crippen molar-refractivity contribution in [3.8, 4) is 0 Å². The van der Waals surface area contributed by atoms with Crippen LogP contribution in [0.2, 0.25) is 0 Å². The maximum absolute atomic E-state index is 12.2. The van der Waals surface area contributed by atoms with Gasteiger partial charge in [-0.25, -0.2) is 9.78 Å². The largest absolute Gasteiger partial charge is 0.490 e. The number of rotatable bonds is 8. The van der Waals surface area contributed by atoms with Crippen molar-refractivity contribution < 1.29 is 37.8 Å². The molecule has 2 aromatic rings. The lowest BCUT2D eigenvalue weighted by atomic mass is 10.2. The minimum atomic E-state index is -5.08. The highest BCUT2D eigenvalue weighted by Gasteiger charge is 2.38. The second-order valence-electron chi connectivity index (χ2n) is 5.21. The van der Waals surface area contributed by atoms with Crippen molar-refractivity contribution >= 4 is 50.5 Å². The Balaban J connectivity index is 0.000000516. The van der Waals surface area contributed by atoms with E-state index >= 15 is 0 Å². The van der Waals surface area contributed by atoms with Crippen LogP contribution in [-0.4, -0.2) is 67.1 Å². The molecule has 0 bridgehead atoms. The number of carboxylic acid groups (broad SMARTS) is 2. The Hall–Kier alpha value is -2.48. The molecule has 0 fully saturated rings. The van der Waals surface area contributed by atoms with Crippen LogP contribution in [-0.2, 0) is 16.6 Å². The Bertz CT molecular complexity index is 860. The Morgan fingerprint density at radius 1 is 1.21 bits per heavy atom. The van der Waals surface area contributed by atoms with E-state index in [9.17, 15) is 22.8 Å². The van der Waals surface area contributed by atoms with Crippen LogP contribution in [0.4, 0.5) is 13.2 Å². The summed E-state index contributed by atoms with van der Waals surface area (Å²) in [5.74, 6) is -2.42. The van der Waals surface area contributed by atoms with Crippen LogP contribution in [0, 0.1) is 0 Å². The average Bonchev–Trinajstić information content (AvgIpc) is 3.01. The Morgan fingerprint density at radius 2 is 1.83 bits per heavy atom. The maximum Gasteiger partial charge on any atom is 0.490 e. The van der Waals surface area contributed by atoms with Gasteiger partial charge in [0, 0.05) is 31.3 Å². The van der Waals surface area contributed by atoms with E-state index < -0.39 is 18.1 Å². The van der Waals surface area contributed by atoms with Crippen molar-refractivity contribution in [2.45, 2.75) is 12.6 Å². The Morgan fingerprint density at radius 3 is 2.41 bits per heavy atom. The molecule has 0 atom stereocenters. The zero-order valence-electron chi connectivity index (χ0n) is 15.0. The third kappa shape index (κ3) is 8.60. The van der Waals surface area contributed by atoms with Gasteiger partial charge in [-0.15, -0.1) is 0 Å². The summed E-state index contributed by atoms with van der Waals surface area (Å²) >= 11 is 0. The molecule has 29 heavy (non-hydrogen) atoms. The topological polar surface area (TPSA) is 134 Å². The van der Waals surface area contributed by atoms with Crippen molar-refractivity contribution in [1.82, 2.24) is 20.1 Å². The van der Waals surface area contributed by atoms with Crippen LogP contribution in [0.3, 0.4) is 0 Å². The second kappa shape index (κ2) is 11.5. The molecule has 1 amide bonds. The van der Waals surface area contributed by atoms with Crippen LogP contribution in [0.15, 0.2) is 18.5 Å². The quantitative estimate of drug-likeness (QED) is 0.405. The van der Waals surface area contributed by atoms with Gasteiger partial charge in [-0.2, -0.15) is 18.3 Å². The van der Waals surface area contributed by atoms with Gasteiger partial charge >= 0.3 is 18.1 Å². The third-order valence-corrected chi connectivity index (χ3v) is 5.48. The number of alkyl halides is 3. The van der Waals surface area contributed by atoms with Crippen LogP contribution in [0.25, 0.3) is 11.0 Å². The molecule has 2 aromatic heterocycles. The minimum absolute atomic E-state index is 0.153. The summed E-state index contributed by atoms with van der Waals surface area (Å²) in [6, 6.07) is 1.67. The predicted molar refractivity (Wildman–Crippen MR) is 102 cm³/mol.